The quantitative estimate of drug-likeness (QED) is 0.739. The van der Waals surface area contributed by atoms with Gasteiger partial charge in [-0.05, 0) is 81.3 Å². The monoisotopic (exact) mass is 393 g/mol. The fourth-order valence-electron chi connectivity index (χ4n) is 4.09. The van der Waals surface area contributed by atoms with Gasteiger partial charge in [0.1, 0.15) is 0 Å². The molecule has 1 aliphatic carbocycles. The Kier molecular flexibility index (Phi) is 6.89. The first-order chi connectivity index (χ1) is 13.0. The molecular weight excluding hydrogens is 362 g/mol. The third-order valence-electron chi connectivity index (χ3n) is 5.72. The summed E-state index contributed by atoms with van der Waals surface area (Å²) in [5.74, 6) is 0.660. The van der Waals surface area contributed by atoms with Crippen LogP contribution < -0.4 is 10.0 Å². The van der Waals surface area contributed by atoms with E-state index in [9.17, 15) is 13.2 Å². The highest BCUT2D eigenvalue weighted by molar-refractivity contribution is 7.89. The van der Waals surface area contributed by atoms with Gasteiger partial charge in [-0.3, -0.25) is 4.79 Å². The van der Waals surface area contributed by atoms with Crippen molar-refractivity contribution in [2.45, 2.75) is 49.8 Å². The third kappa shape index (κ3) is 5.30. The van der Waals surface area contributed by atoms with Gasteiger partial charge in [0.15, 0.2) is 0 Å². The number of sulfonamides is 1. The molecule has 7 heteroatoms. The lowest BCUT2D eigenvalue weighted by Gasteiger charge is -2.32. The number of nitrogens with zero attached hydrogens (tertiary/aromatic N) is 1. The van der Waals surface area contributed by atoms with Gasteiger partial charge in [0.05, 0.1) is 4.90 Å². The number of fused-ring (bicyclic) bond motifs is 1. The van der Waals surface area contributed by atoms with Crippen molar-refractivity contribution in [2.75, 3.05) is 33.2 Å². The second kappa shape index (κ2) is 9.17. The number of hydrogen-bond acceptors (Lipinski definition) is 4. The van der Waals surface area contributed by atoms with Gasteiger partial charge in [-0.2, -0.15) is 0 Å². The van der Waals surface area contributed by atoms with Crippen molar-refractivity contribution in [2.24, 2.45) is 5.92 Å². The Morgan fingerprint density at radius 3 is 2.56 bits per heavy atom. The summed E-state index contributed by atoms with van der Waals surface area (Å²) < 4.78 is 27.7. The number of rotatable bonds is 7. The summed E-state index contributed by atoms with van der Waals surface area (Å²) in [6.45, 7) is 2.67. The van der Waals surface area contributed by atoms with Crippen molar-refractivity contribution >= 4 is 15.9 Å². The van der Waals surface area contributed by atoms with Crippen LogP contribution in [0, 0.1) is 5.92 Å². The highest BCUT2D eigenvalue weighted by Crippen LogP contribution is 2.24. The van der Waals surface area contributed by atoms with Crippen LogP contribution in [0.3, 0.4) is 0 Å². The van der Waals surface area contributed by atoms with E-state index in [1.165, 1.54) is 12.0 Å². The van der Waals surface area contributed by atoms with Crippen molar-refractivity contribution in [3.63, 3.8) is 0 Å². The Labute approximate surface area is 162 Å². The molecule has 1 aromatic rings. The minimum Gasteiger partial charge on any atom is -0.343 e. The Bertz CT molecular complexity index is 756. The predicted octanol–water partition coefficient (Wildman–Crippen LogP) is 1.69. The zero-order chi connectivity index (χ0) is 19.3. The molecular formula is C20H31N3O3S. The smallest absolute Gasteiger partial charge is 0.240 e. The molecule has 0 spiro atoms. The summed E-state index contributed by atoms with van der Waals surface area (Å²) in [5.41, 5.74) is 2.40. The molecule has 1 amide bonds. The molecule has 0 aromatic heterocycles. The highest BCUT2D eigenvalue weighted by atomic mass is 32.2. The summed E-state index contributed by atoms with van der Waals surface area (Å²) in [7, 11) is -1.61. The number of piperidine rings is 1. The molecule has 0 unspecified atom stereocenters. The fraction of sp³-hybridized carbons (Fsp3) is 0.650. The van der Waals surface area contributed by atoms with Crippen LogP contribution in [-0.2, 0) is 27.7 Å². The Morgan fingerprint density at radius 2 is 1.85 bits per heavy atom. The minimum atomic E-state index is -3.57. The maximum Gasteiger partial charge on any atom is 0.240 e. The van der Waals surface area contributed by atoms with Crippen molar-refractivity contribution in [3.05, 3.63) is 29.3 Å². The van der Waals surface area contributed by atoms with Gasteiger partial charge < -0.3 is 10.2 Å². The Hall–Kier alpha value is -1.44. The van der Waals surface area contributed by atoms with Crippen molar-refractivity contribution in [3.8, 4) is 0 Å². The fourth-order valence-corrected chi connectivity index (χ4v) is 5.17. The molecule has 0 bridgehead atoms. The topological polar surface area (TPSA) is 78.5 Å². The van der Waals surface area contributed by atoms with E-state index in [2.05, 4.69) is 10.0 Å². The van der Waals surface area contributed by atoms with Crippen LogP contribution in [-0.4, -0.2) is 52.5 Å². The van der Waals surface area contributed by atoms with Gasteiger partial charge in [-0.15, -0.1) is 0 Å². The molecule has 1 aliphatic heterocycles. The van der Waals surface area contributed by atoms with Crippen molar-refractivity contribution < 1.29 is 13.2 Å². The summed E-state index contributed by atoms with van der Waals surface area (Å²) in [5, 5.41) is 3.19. The number of likely N-dealkylation sites (tertiary alicyclic amines) is 1. The first kappa shape index (κ1) is 20.3. The molecule has 2 N–H and O–H groups in total. The van der Waals surface area contributed by atoms with E-state index in [1.807, 2.05) is 18.0 Å². The minimum absolute atomic E-state index is 0.0334. The van der Waals surface area contributed by atoms with Crippen LogP contribution in [0.15, 0.2) is 23.1 Å². The maximum atomic E-state index is 12.5. The lowest BCUT2D eigenvalue weighted by atomic mass is 9.92. The average molecular weight is 394 g/mol. The molecule has 0 saturated carbocycles. The number of carbonyl (C=O) groups excluding carboxylic acids is 1. The largest absolute Gasteiger partial charge is 0.343 e. The zero-order valence-corrected chi connectivity index (χ0v) is 17.0. The first-order valence-corrected chi connectivity index (χ1v) is 11.5. The Morgan fingerprint density at radius 1 is 1.15 bits per heavy atom. The predicted molar refractivity (Wildman–Crippen MR) is 106 cm³/mol. The Balaban J connectivity index is 1.49. The summed E-state index contributed by atoms with van der Waals surface area (Å²) in [4.78, 5) is 14.5. The normalized spacial score (nSPS) is 18.3. The van der Waals surface area contributed by atoms with E-state index in [4.69, 9.17) is 0 Å². The second-order valence-electron chi connectivity index (χ2n) is 7.67. The van der Waals surface area contributed by atoms with E-state index in [1.54, 1.807) is 12.1 Å². The lowest BCUT2D eigenvalue weighted by molar-refractivity contribution is -0.132. The van der Waals surface area contributed by atoms with Crippen LogP contribution in [0.2, 0.25) is 0 Å². The van der Waals surface area contributed by atoms with Crippen LogP contribution in [0.5, 0.6) is 0 Å². The molecule has 6 nitrogen and oxygen atoms in total. The summed E-state index contributed by atoms with van der Waals surface area (Å²) in [6, 6.07) is 5.41. The van der Waals surface area contributed by atoms with Crippen molar-refractivity contribution in [1.29, 1.82) is 0 Å². The summed E-state index contributed by atoms with van der Waals surface area (Å²) >= 11 is 0. The number of benzene rings is 1. The second-order valence-corrected chi connectivity index (χ2v) is 9.43. The molecule has 3 rings (SSSR count). The standard InChI is InChI=1S/C20H31N3O3S/c1-21-15-16-9-12-23(13-10-16)20(24)8-11-22-27(25,26)19-7-6-17-4-2-3-5-18(17)14-19/h6-7,14,16,21-22H,2-5,8-13,15H2,1H3. The molecule has 2 aliphatic rings. The number of aryl methyl sites for hydroxylation is 2. The van der Waals surface area contributed by atoms with Gasteiger partial charge >= 0.3 is 0 Å². The lowest BCUT2D eigenvalue weighted by Crippen LogP contribution is -2.41. The number of nitrogens with one attached hydrogen (secondary N) is 2. The van der Waals surface area contributed by atoms with Gasteiger partial charge in [0.25, 0.3) is 0 Å². The molecule has 150 valence electrons. The van der Waals surface area contributed by atoms with E-state index in [0.717, 1.165) is 57.3 Å². The van der Waals surface area contributed by atoms with Gasteiger partial charge in [-0.25, -0.2) is 13.1 Å². The molecule has 0 atom stereocenters. The van der Waals surface area contributed by atoms with E-state index in [-0.39, 0.29) is 18.9 Å². The van der Waals surface area contributed by atoms with Gasteiger partial charge in [0.2, 0.25) is 15.9 Å². The maximum absolute atomic E-state index is 12.5. The van der Waals surface area contributed by atoms with E-state index >= 15 is 0 Å². The van der Waals surface area contributed by atoms with Crippen molar-refractivity contribution in [1.82, 2.24) is 14.9 Å². The van der Waals surface area contributed by atoms with Crippen LogP contribution >= 0.6 is 0 Å². The summed E-state index contributed by atoms with van der Waals surface area (Å²) in [6.07, 6.45) is 6.49. The van der Waals surface area contributed by atoms with E-state index in [0.29, 0.717) is 10.8 Å². The third-order valence-corrected chi connectivity index (χ3v) is 7.18. The van der Waals surface area contributed by atoms with Crippen LogP contribution in [0.1, 0.15) is 43.2 Å². The number of carbonyl (C=O) groups is 1. The van der Waals surface area contributed by atoms with Crippen LogP contribution in [0.25, 0.3) is 0 Å². The average Bonchev–Trinajstić information content (AvgIpc) is 2.68. The zero-order valence-electron chi connectivity index (χ0n) is 16.2. The molecule has 1 heterocycles. The molecule has 1 saturated heterocycles. The SMILES string of the molecule is CNCC1CCN(C(=O)CCNS(=O)(=O)c2ccc3c(c2)CCCC3)CC1. The molecule has 1 aromatic carbocycles. The number of hydrogen-bond donors (Lipinski definition) is 2. The highest BCUT2D eigenvalue weighted by Gasteiger charge is 2.23. The molecule has 27 heavy (non-hydrogen) atoms. The first-order valence-electron chi connectivity index (χ1n) is 10.0. The number of amides is 1. The molecule has 1 fully saturated rings. The van der Waals surface area contributed by atoms with E-state index < -0.39 is 10.0 Å². The van der Waals surface area contributed by atoms with Gasteiger partial charge in [0, 0.05) is 26.1 Å². The molecule has 0 radical (unpaired) electrons. The van der Waals surface area contributed by atoms with Crippen LogP contribution in [0.4, 0.5) is 0 Å². The van der Waals surface area contributed by atoms with Gasteiger partial charge in [-0.1, -0.05) is 6.07 Å².